The topological polar surface area (TPSA) is 66.4 Å². The van der Waals surface area contributed by atoms with E-state index in [-0.39, 0.29) is 12.3 Å². The number of rotatable bonds is 8. The SMILES string of the molecule is CSCCC(=O)NC(CC(=O)O)c1ccc(SC)cc1. The quantitative estimate of drug-likeness (QED) is 0.722. The first kappa shape index (κ1) is 16.9. The van der Waals surface area contributed by atoms with Gasteiger partial charge in [0, 0.05) is 17.1 Å². The maximum atomic E-state index is 11.8. The average Bonchev–Trinajstić information content (AvgIpc) is 2.44. The second-order valence-electron chi connectivity index (χ2n) is 4.23. The highest BCUT2D eigenvalue weighted by Crippen LogP contribution is 2.21. The minimum absolute atomic E-state index is 0.108. The van der Waals surface area contributed by atoms with Crippen molar-refractivity contribution in [3.63, 3.8) is 0 Å². The normalized spacial score (nSPS) is 11.9. The van der Waals surface area contributed by atoms with E-state index in [4.69, 9.17) is 5.11 Å². The van der Waals surface area contributed by atoms with Gasteiger partial charge in [0.15, 0.2) is 0 Å². The van der Waals surface area contributed by atoms with Crippen LogP contribution in [-0.4, -0.2) is 35.2 Å². The van der Waals surface area contributed by atoms with Gasteiger partial charge in [-0.3, -0.25) is 9.59 Å². The molecule has 0 saturated heterocycles. The van der Waals surface area contributed by atoms with Crippen LogP contribution in [0.4, 0.5) is 0 Å². The van der Waals surface area contributed by atoms with Gasteiger partial charge in [0.25, 0.3) is 0 Å². The zero-order chi connectivity index (χ0) is 15.0. The fraction of sp³-hybridized carbons (Fsp3) is 0.429. The molecule has 0 bridgehead atoms. The Balaban J connectivity index is 2.76. The number of carbonyl (C=O) groups excluding carboxylic acids is 1. The number of thioether (sulfide) groups is 2. The van der Waals surface area contributed by atoms with Crippen LogP contribution in [0.25, 0.3) is 0 Å². The predicted molar refractivity (Wildman–Crippen MR) is 84.4 cm³/mol. The Hall–Kier alpha value is -1.14. The molecule has 0 aliphatic rings. The Morgan fingerprint density at radius 3 is 2.40 bits per heavy atom. The smallest absolute Gasteiger partial charge is 0.305 e. The molecular weight excluding hydrogens is 294 g/mol. The number of nitrogens with one attached hydrogen (secondary N) is 1. The number of carboxylic acids is 1. The van der Waals surface area contributed by atoms with Gasteiger partial charge in [0.05, 0.1) is 12.5 Å². The molecule has 4 nitrogen and oxygen atoms in total. The first-order valence-electron chi connectivity index (χ1n) is 6.21. The Bertz CT molecular complexity index is 448. The lowest BCUT2D eigenvalue weighted by molar-refractivity contribution is -0.137. The molecule has 1 atom stereocenters. The highest BCUT2D eigenvalue weighted by molar-refractivity contribution is 7.98. The molecule has 1 aromatic carbocycles. The number of benzene rings is 1. The van der Waals surface area contributed by atoms with Crippen LogP contribution < -0.4 is 5.32 Å². The molecule has 0 aliphatic heterocycles. The maximum Gasteiger partial charge on any atom is 0.305 e. The summed E-state index contributed by atoms with van der Waals surface area (Å²) in [6, 6.07) is 7.13. The lowest BCUT2D eigenvalue weighted by Crippen LogP contribution is -2.30. The summed E-state index contributed by atoms with van der Waals surface area (Å²) < 4.78 is 0. The summed E-state index contributed by atoms with van der Waals surface area (Å²) in [5.41, 5.74) is 0.822. The highest BCUT2D eigenvalue weighted by Gasteiger charge is 2.17. The molecule has 0 radical (unpaired) electrons. The number of carboxylic acid groups (broad SMARTS) is 1. The number of hydrogen-bond donors (Lipinski definition) is 2. The summed E-state index contributed by atoms with van der Waals surface area (Å²) in [7, 11) is 0. The van der Waals surface area contributed by atoms with Crippen molar-refractivity contribution in [2.75, 3.05) is 18.3 Å². The standard InChI is InChI=1S/C14H19NO3S2/c1-19-8-7-13(16)15-12(9-14(17)18)10-3-5-11(20-2)6-4-10/h3-6,12H,7-9H2,1-2H3,(H,15,16)(H,17,18). The number of hydrogen-bond acceptors (Lipinski definition) is 4. The Morgan fingerprint density at radius 2 is 1.90 bits per heavy atom. The van der Waals surface area contributed by atoms with Gasteiger partial charge in [-0.05, 0) is 30.2 Å². The van der Waals surface area contributed by atoms with Crippen molar-refractivity contribution in [3.8, 4) is 0 Å². The van der Waals surface area contributed by atoms with Gasteiger partial charge in [-0.2, -0.15) is 11.8 Å². The van der Waals surface area contributed by atoms with Crippen LogP contribution in [0, 0.1) is 0 Å². The summed E-state index contributed by atoms with van der Waals surface area (Å²) in [6.07, 6.45) is 4.21. The van der Waals surface area contributed by atoms with Crippen molar-refractivity contribution >= 4 is 35.4 Å². The van der Waals surface area contributed by atoms with Gasteiger partial charge in [-0.25, -0.2) is 0 Å². The van der Waals surface area contributed by atoms with Gasteiger partial charge in [0.2, 0.25) is 5.91 Å². The minimum atomic E-state index is -0.922. The third kappa shape index (κ3) is 5.88. The van der Waals surface area contributed by atoms with E-state index in [1.807, 2.05) is 36.8 Å². The highest BCUT2D eigenvalue weighted by atomic mass is 32.2. The van der Waals surface area contributed by atoms with Crippen molar-refractivity contribution in [3.05, 3.63) is 29.8 Å². The molecule has 0 spiro atoms. The van der Waals surface area contributed by atoms with Crippen molar-refractivity contribution in [1.82, 2.24) is 5.32 Å². The van der Waals surface area contributed by atoms with E-state index in [1.54, 1.807) is 23.5 Å². The van der Waals surface area contributed by atoms with Gasteiger partial charge in [0.1, 0.15) is 0 Å². The van der Waals surface area contributed by atoms with Crippen molar-refractivity contribution in [1.29, 1.82) is 0 Å². The first-order chi connectivity index (χ1) is 9.56. The zero-order valence-corrected chi connectivity index (χ0v) is 13.2. The molecule has 1 unspecified atom stereocenters. The third-order valence-corrected chi connectivity index (χ3v) is 4.12. The molecule has 1 rings (SSSR count). The van der Waals surface area contributed by atoms with Crippen LogP contribution in [0.1, 0.15) is 24.4 Å². The van der Waals surface area contributed by atoms with Gasteiger partial charge in [-0.15, -0.1) is 11.8 Å². The minimum Gasteiger partial charge on any atom is -0.481 e. The molecule has 0 aliphatic carbocycles. The summed E-state index contributed by atoms with van der Waals surface area (Å²) in [4.78, 5) is 23.8. The van der Waals surface area contributed by atoms with E-state index >= 15 is 0 Å². The van der Waals surface area contributed by atoms with Crippen molar-refractivity contribution in [2.24, 2.45) is 0 Å². The average molecular weight is 313 g/mol. The van der Waals surface area contributed by atoms with Gasteiger partial charge in [-0.1, -0.05) is 12.1 Å². The van der Waals surface area contributed by atoms with E-state index in [1.165, 1.54) is 0 Å². The fourth-order valence-corrected chi connectivity index (χ4v) is 2.52. The summed E-state index contributed by atoms with van der Waals surface area (Å²) >= 11 is 3.21. The monoisotopic (exact) mass is 313 g/mol. The van der Waals surface area contributed by atoms with Crippen molar-refractivity contribution in [2.45, 2.75) is 23.8 Å². The van der Waals surface area contributed by atoms with Gasteiger partial charge < -0.3 is 10.4 Å². The number of amides is 1. The molecule has 0 aromatic heterocycles. The van der Waals surface area contributed by atoms with Crippen LogP contribution in [0.5, 0.6) is 0 Å². The van der Waals surface area contributed by atoms with Gasteiger partial charge >= 0.3 is 5.97 Å². The van der Waals surface area contributed by atoms with E-state index in [2.05, 4.69) is 5.32 Å². The lowest BCUT2D eigenvalue weighted by Gasteiger charge is -2.17. The molecule has 110 valence electrons. The largest absolute Gasteiger partial charge is 0.481 e. The first-order valence-corrected chi connectivity index (χ1v) is 8.82. The maximum absolute atomic E-state index is 11.8. The summed E-state index contributed by atoms with van der Waals surface area (Å²) in [5, 5.41) is 11.8. The molecule has 0 heterocycles. The van der Waals surface area contributed by atoms with Crippen LogP contribution in [-0.2, 0) is 9.59 Å². The molecule has 1 amide bonds. The Kier molecular flexibility index (Phi) is 7.54. The van der Waals surface area contributed by atoms with Crippen LogP contribution >= 0.6 is 23.5 Å². The fourth-order valence-electron chi connectivity index (χ4n) is 1.72. The molecule has 1 aromatic rings. The van der Waals surface area contributed by atoms with Crippen LogP contribution in [0.2, 0.25) is 0 Å². The number of carbonyl (C=O) groups is 2. The van der Waals surface area contributed by atoms with E-state index in [9.17, 15) is 9.59 Å². The van der Waals surface area contributed by atoms with Crippen LogP contribution in [0.3, 0.4) is 0 Å². The van der Waals surface area contributed by atoms with Crippen LogP contribution in [0.15, 0.2) is 29.2 Å². The Labute approximate surface area is 127 Å². The van der Waals surface area contributed by atoms with Crippen molar-refractivity contribution < 1.29 is 14.7 Å². The molecule has 2 N–H and O–H groups in total. The molecule has 20 heavy (non-hydrogen) atoms. The molecule has 0 fully saturated rings. The molecule has 6 heteroatoms. The summed E-state index contributed by atoms with van der Waals surface area (Å²) in [5.74, 6) is -0.300. The second kappa shape index (κ2) is 8.92. The number of aliphatic carboxylic acids is 1. The third-order valence-electron chi connectivity index (χ3n) is 2.77. The summed E-state index contributed by atoms with van der Waals surface area (Å²) in [6.45, 7) is 0. The predicted octanol–water partition coefficient (Wildman–Crippen LogP) is 2.79. The molecule has 0 saturated carbocycles. The lowest BCUT2D eigenvalue weighted by atomic mass is 10.0. The van der Waals surface area contributed by atoms with E-state index in [0.717, 1.165) is 16.2 Å². The second-order valence-corrected chi connectivity index (χ2v) is 6.10. The van der Waals surface area contributed by atoms with E-state index < -0.39 is 12.0 Å². The van der Waals surface area contributed by atoms with E-state index in [0.29, 0.717) is 6.42 Å². The molecular formula is C14H19NO3S2. The Morgan fingerprint density at radius 1 is 1.25 bits per heavy atom. The zero-order valence-electron chi connectivity index (χ0n) is 11.6.